The SMILES string of the molecule is CCn1c(NNC(=O)c2ccc(S(=O)(=O)N3C[C@@H](C)O[C@H](C)C3)cc2)nc2ccccc2c1=O. The number of ether oxygens (including phenoxy) is 1. The van der Waals surface area contributed by atoms with E-state index in [4.69, 9.17) is 4.74 Å². The summed E-state index contributed by atoms with van der Waals surface area (Å²) in [5.74, 6) is -0.295. The van der Waals surface area contributed by atoms with Crippen LogP contribution in [0.15, 0.2) is 58.2 Å². The fraction of sp³-hybridized carbons (Fsp3) is 0.348. The van der Waals surface area contributed by atoms with Gasteiger partial charge in [-0.2, -0.15) is 4.31 Å². The van der Waals surface area contributed by atoms with Crippen LogP contribution in [0.4, 0.5) is 5.95 Å². The monoisotopic (exact) mass is 485 g/mol. The van der Waals surface area contributed by atoms with Crippen LogP contribution in [0.2, 0.25) is 0 Å². The highest BCUT2D eigenvalue weighted by atomic mass is 32.2. The van der Waals surface area contributed by atoms with Crippen LogP contribution in [0.25, 0.3) is 10.9 Å². The number of nitrogens with zero attached hydrogens (tertiary/aromatic N) is 3. The Hall–Kier alpha value is -3.28. The first-order valence-corrected chi connectivity index (χ1v) is 12.5. The summed E-state index contributed by atoms with van der Waals surface area (Å²) in [5.41, 5.74) is 5.79. The molecule has 11 heteroatoms. The number of morpholine rings is 1. The number of hydrazine groups is 1. The number of fused-ring (bicyclic) bond motifs is 1. The van der Waals surface area contributed by atoms with Crippen LogP contribution in [0.5, 0.6) is 0 Å². The van der Waals surface area contributed by atoms with E-state index in [1.165, 1.54) is 33.1 Å². The topological polar surface area (TPSA) is 123 Å². The molecular weight excluding hydrogens is 458 g/mol. The predicted molar refractivity (Wildman–Crippen MR) is 128 cm³/mol. The number of rotatable bonds is 6. The number of anilines is 1. The van der Waals surface area contributed by atoms with E-state index in [1.807, 2.05) is 13.8 Å². The van der Waals surface area contributed by atoms with Gasteiger partial charge in [0.05, 0.1) is 28.0 Å². The minimum Gasteiger partial charge on any atom is -0.373 e. The highest BCUT2D eigenvalue weighted by Crippen LogP contribution is 2.21. The van der Waals surface area contributed by atoms with Crippen LogP contribution >= 0.6 is 0 Å². The predicted octanol–water partition coefficient (Wildman–Crippen LogP) is 1.97. The third-order valence-corrected chi connectivity index (χ3v) is 7.45. The lowest BCUT2D eigenvalue weighted by molar-refractivity contribution is -0.0440. The van der Waals surface area contributed by atoms with Gasteiger partial charge in [0.2, 0.25) is 16.0 Å². The number of para-hydroxylation sites is 1. The van der Waals surface area contributed by atoms with Gasteiger partial charge in [-0.1, -0.05) is 12.1 Å². The molecular formula is C23H27N5O5S. The van der Waals surface area contributed by atoms with Crippen LogP contribution in [0.3, 0.4) is 0 Å². The van der Waals surface area contributed by atoms with Gasteiger partial charge in [-0.05, 0) is 57.2 Å². The summed E-state index contributed by atoms with van der Waals surface area (Å²) in [6.45, 7) is 6.38. The molecule has 2 atom stereocenters. The largest absolute Gasteiger partial charge is 0.373 e. The average Bonchev–Trinajstić information content (AvgIpc) is 2.82. The lowest BCUT2D eigenvalue weighted by Crippen LogP contribution is -2.48. The third-order valence-electron chi connectivity index (χ3n) is 5.61. The zero-order chi connectivity index (χ0) is 24.5. The summed E-state index contributed by atoms with van der Waals surface area (Å²) in [7, 11) is -3.70. The number of aromatic nitrogens is 2. The van der Waals surface area contributed by atoms with Crippen molar-refractivity contribution in [2.45, 2.75) is 44.4 Å². The summed E-state index contributed by atoms with van der Waals surface area (Å²) in [5, 5.41) is 0.488. The molecule has 0 radical (unpaired) electrons. The van der Waals surface area contributed by atoms with E-state index >= 15 is 0 Å². The average molecular weight is 486 g/mol. The van der Waals surface area contributed by atoms with E-state index in [0.29, 0.717) is 17.4 Å². The van der Waals surface area contributed by atoms with Gasteiger partial charge in [0.25, 0.3) is 11.5 Å². The standard InChI is InChI=1S/C23H27N5O5S/c1-4-28-22(30)19-7-5-6-8-20(19)24-23(28)26-25-21(29)17-9-11-18(12-10-17)34(31,32)27-13-15(2)33-16(3)14-27/h5-12,15-16H,4,13-14H2,1-3H3,(H,24,26)(H,25,29)/t15-,16-/m1/s1. The van der Waals surface area contributed by atoms with Crippen molar-refractivity contribution >= 4 is 32.8 Å². The number of hydrogen-bond acceptors (Lipinski definition) is 7. The van der Waals surface area contributed by atoms with E-state index in [9.17, 15) is 18.0 Å². The van der Waals surface area contributed by atoms with Crippen LogP contribution in [0, 0.1) is 0 Å². The molecule has 4 rings (SSSR count). The molecule has 10 nitrogen and oxygen atoms in total. The Bertz CT molecular complexity index is 1360. The molecule has 2 heterocycles. The van der Waals surface area contributed by atoms with Crippen molar-refractivity contribution in [1.29, 1.82) is 0 Å². The van der Waals surface area contributed by atoms with E-state index in [1.54, 1.807) is 31.2 Å². The van der Waals surface area contributed by atoms with Crippen molar-refractivity contribution in [3.05, 3.63) is 64.4 Å². The van der Waals surface area contributed by atoms with Crippen LogP contribution in [-0.2, 0) is 21.3 Å². The molecule has 180 valence electrons. The molecule has 0 bridgehead atoms. The van der Waals surface area contributed by atoms with E-state index in [2.05, 4.69) is 15.8 Å². The Labute approximate surface area is 197 Å². The molecule has 0 aliphatic carbocycles. The minimum atomic E-state index is -3.70. The molecule has 1 aliphatic rings. The van der Waals surface area contributed by atoms with Gasteiger partial charge < -0.3 is 4.74 Å². The number of benzene rings is 2. The number of amides is 1. The maximum atomic E-state index is 13.0. The van der Waals surface area contributed by atoms with Gasteiger partial charge in [-0.15, -0.1) is 0 Å². The molecule has 2 aromatic carbocycles. The number of carbonyl (C=O) groups is 1. The highest BCUT2D eigenvalue weighted by Gasteiger charge is 2.32. The first-order chi connectivity index (χ1) is 16.2. The molecule has 1 aliphatic heterocycles. The Morgan fingerprint density at radius 1 is 1.09 bits per heavy atom. The van der Waals surface area contributed by atoms with Gasteiger partial charge >= 0.3 is 0 Å². The normalized spacial score (nSPS) is 19.1. The van der Waals surface area contributed by atoms with Crippen molar-refractivity contribution in [2.24, 2.45) is 0 Å². The molecule has 0 unspecified atom stereocenters. The number of carbonyl (C=O) groups excluding carboxylic acids is 1. The van der Waals surface area contributed by atoms with E-state index in [-0.39, 0.29) is 47.3 Å². The second-order valence-corrected chi connectivity index (χ2v) is 10.1. The van der Waals surface area contributed by atoms with Crippen molar-refractivity contribution in [2.75, 3.05) is 18.5 Å². The number of sulfonamides is 1. The maximum absolute atomic E-state index is 13.0. The molecule has 0 spiro atoms. The zero-order valence-electron chi connectivity index (χ0n) is 19.2. The Balaban J connectivity index is 1.49. The molecule has 3 aromatic rings. The molecule has 0 saturated carbocycles. The molecule has 1 fully saturated rings. The van der Waals surface area contributed by atoms with Crippen LogP contribution < -0.4 is 16.4 Å². The van der Waals surface area contributed by atoms with Crippen molar-refractivity contribution in [3.63, 3.8) is 0 Å². The van der Waals surface area contributed by atoms with Crippen molar-refractivity contribution in [1.82, 2.24) is 19.3 Å². The molecule has 2 N–H and O–H groups in total. The van der Waals surface area contributed by atoms with Gasteiger partial charge in [-0.3, -0.25) is 25.0 Å². The maximum Gasteiger partial charge on any atom is 0.269 e. The fourth-order valence-electron chi connectivity index (χ4n) is 4.00. The quantitative estimate of drug-likeness (QED) is 0.512. The van der Waals surface area contributed by atoms with Gasteiger partial charge in [0.1, 0.15) is 0 Å². The van der Waals surface area contributed by atoms with E-state index < -0.39 is 15.9 Å². The molecule has 1 aromatic heterocycles. The molecule has 34 heavy (non-hydrogen) atoms. The summed E-state index contributed by atoms with van der Waals surface area (Å²) >= 11 is 0. The second kappa shape index (κ2) is 9.53. The first kappa shape index (κ1) is 23.9. The summed E-state index contributed by atoms with van der Waals surface area (Å²) in [6.07, 6.45) is -0.391. The summed E-state index contributed by atoms with van der Waals surface area (Å²) in [4.78, 5) is 29.9. The van der Waals surface area contributed by atoms with Crippen LogP contribution in [0.1, 0.15) is 31.1 Å². The van der Waals surface area contributed by atoms with E-state index in [0.717, 1.165) is 0 Å². The minimum absolute atomic E-state index is 0.106. The molecule has 1 saturated heterocycles. The Morgan fingerprint density at radius 3 is 2.38 bits per heavy atom. The first-order valence-electron chi connectivity index (χ1n) is 11.0. The Kier molecular flexibility index (Phi) is 6.69. The highest BCUT2D eigenvalue weighted by molar-refractivity contribution is 7.89. The lowest BCUT2D eigenvalue weighted by atomic mass is 10.2. The second-order valence-electron chi connectivity index (χ2n) is 8.18. The third kappa shape index (κ3) is 4.67. The summed E-state index contributed by atoms with van der Waals surface area (Å²) < 4.78 is 34.4. The van der Waals surface area contributed by atoms with Crippen LogP contribution in [-0.4, -0.2) is 53.5 Å². The van der Waals surface area contributed by atoms with Gasteiger partial charge in [0, 0.05) is 25.2 Å². The smallest absolute Gasteiger partial charge is 0.269 e. The van der Waals surface area contributed by atoms with Gasteiger partial charge in [-0.25, -0.2) is 13.4 Å². The number of nitrogens with one attached hydrogen (secondary N) is 2. The number of hydrogen-bond donors (Lipinski definition) is 2. The van der Waals surface area contributed by atoms with Crippen molar-refractivity contribution in [3.8, 4) is 0 Å². The van der Waals surface area contributed by atoms with Gasteiger partial charge in [0.15, 0.2) is 0 Å². The molecule has 1 amide bonds. The lowest BCUT2D eigenvalue weighted by Gasteiger charge is -2.34. The summed E-state index contributed by atoms with van der Waals surface area (Å²) in [6, 6.07) is 12.7. The van der Waals surface area contributed by atoms with Crippen molar-refractivity contribution < 1.29 is 17.9 Å². The Morgan fingerprint density at radius 2 is 1.74 bits per heavy atom. The zero-order valence-corrected chi connectivity index (χ0v) is 20.0. The fourth-order valence-corrected chi connectivity index (χ4v) is 5.59.